The molecule has 0 radical (unpaired) electrons. The van der Waals surface area contributed by atoms with Crippen molar-refractivity contribution < 1.29 is 30.8 Å². The van der Waals surface area contributed by atoms with Gasteiger partial charge in [-0.2, -0.15) is 17.5 Å². The van der Waals surface area contributed by atoms with Gasteiger partial charge in [0, 0.05) is 18.9 Å². The third kappa shape index (κ3) is 4.43. The lowest BCUT2D eigenvalue weighted by Gasteiger charge is -2.26. The largest absolute Gasteiger partial charge is 0.511 e. The number of aryl methyl sites for hydroxylation is 2. The van der Waals surface area contributed by atoms with Gasteiger partial charge >= 0.3 is 15.5 Å². The number of oxazole rings is 1. The predicted molar refractivity (Wildman–Crippen MR) is 119 cm³/mol. The van der Waals surface area contributed by atoms with Crippen LogP contribution < -0.4 is 5.32 Å². The fourth-order valence-electron chi connectivity index (χ4n) is 3.86. The molecule has 1 N–H and O–H groups in total. The second-order valence-electron chi connectivity index (χ2n) is 8.25. The van der Waals surface area contributed by atoms with E-state index in [0.717, 1.165) is 5.56 Å². The van der Waals surface area contributed by atoms with Crippen molar-refractivity contribution in [2.45, 2.75) is 45.4 Å². The molecule has 1 aliphatic rings. The topological polar surface area (TPSA) is 153 Å². The first kappa shape index (κ1) is 24.8. The lowest BCUT2D eigenvalue weighted by molar-refractivity contribution is -0.0496. The van der Waals surface area contributed by atoms with E-state index in [4.69, 9.17) is 4.42 Å². The quantitative estimate of drug-likeness (QED) is 0.383. The molecule has 0 fully saturated rings. The van der Waals surface area contributed by atoms with E-state index in [1.807, 2.05) is 13.8 Å². The van der Waals surface area contributed by atoms with Crippen LogP contribution in [0.4, 0.5) is 13.2 Å². The molecular formula is C20H20F3N9O4S. The monoisotopic (exact) mass is 539 g/mol. The van der Waals surface area contributed by atoms with Gasteiger partial charge in [-0.25, -0.2) is 33.0 Å². The SMILES string of the molecule is CCc1nc2ncc(C)cn2c1C(=O)NCc1coc(-c2nc3n(n2)CCN(S(=O)(=O)C(F)(F)F)C3)n1. The number of rotatable bonds is 6. The molecule has 0 bridgehead atoms. The molecule has 0 spiro atoms. The molecule has 17 heteroatoms. The van der Waals surface area contributed by atoms with Crippen molar-refractivity contribution in [3.63, 3.8) is 0 Å². The van der Waals surface area contributed by atoms with Gasteiger partial charge in [0.05, 0.1) is 31.0 Å². The number of hydrogen-bond donors (Lipinski definition) is 1. The maximum atomic E-state index is 13.0. The molecule has 1 aliphatic heterocycles. The van der Waals surface area contributed by atoms with Crippen molar-refractivity contribution in [1.29, 1.82) is 0 Å². The van der Waals surface area contributed by atoms with Gasteiger partial charge in [0.15, 0.2) is 0 Å². The Morgan fingerprint density at radius 1 is 1.22 bits per heavy atom. The van der Waals surface area contributed by atoms with E-state index in [1.165, 1.54) is 10.9 Å². The molecule has 0 saturated carbocycles. The molecule has 0 aliphatic carbocycles. The van der Waals surface area contributed by atoms with Crippen molar-refractivity contribution in [3.8, 4) is 11.7 Å². The molecule has 4 aromatic heterocycles. The number of nitrogens with one attached hydrogen (secondary N) is 1. The number of fused-ring (bicyclic) bond motifs is 2. The van der Waals surface area contributed by atoms with Crippen LogP contribution in [0.5, 0.6) is 0 Å². The van der Waals surface area contributed by atoms with Gasteiger partial charge < -0.3 is 9.73 Å². The van der Waals surface area contributed by atoms with Gasteiger partial charge in [-0.3, -0.25) is 9.20 Å². The Labute approximate surface area is 207 Å². The summed E-state index contributed by atoms with van der Waals surface area (Å²) in [6.45, 7) is 2.62. The van der Waals surface area contributed by atoms with Crippen molar-refractivity contribution >= 4 is 21.7 Å². The van der Waals surface area contributed by atoms with Crippen molar-refractivity contribution in [2.75, 3.05) is 6.54 Å². The van der Waals surface area contributed by atoms with Crippen LogP contribution in [-0.2, 0) is 36.1 Å². The molecule has 4 aromatic rings. The van der Waals surface area contributed by atoms with Crippen LogP contribution in [0, 0.1) is 6.92 Å². The first-order chi connectivity index (χ1) is 17.5. The lowest BCUT2D eigenvalue weighted by Crippen LogP contribution is -2.44. The Hall–Kier alpha value is -3.86. The summed E-state index contributed by atoms with van der Waals surface area (Å²) in [5, 5.41) is 6.92. The number of alkyl halides is 3. The van der Waals surface area contributed by atoms with Crippen molar-refractivity contribution in [2.24, 2.45) is 0 Å². The summed E-state index contributed by atoms with van der Waals surface area (Å²) in [4.78, 5) is 29.9. The van der Waals surface area contributed by atoms with Crippen LogP contribution in [0.1, 0.15) is 40.2 Å². The zero-order valence-electron chi connectivity index (χ0n) is 19.5. The molecule has 0 saturated heterocycles. The normalized spacial score (nSPS) is 14.7. The summed E-state index contributed by atoms with van der Waals surface area (Å²) in [5.74, 6) is -0.00276. The van der Waals surface area contributed by atoms with Crippen molar-refractivity contribution in [3.05, 3.63) is 47.1 Å². The number of carbonyl (C=O) groups excluding carboxylic acids is 1. The third-order valence-corrected chi connectivity index (χ3v) is 7.24. The highest BCUT2D eigenvalue weighted by atomic mass is 32.2. The Morgan fingerprint density at radius 3 is 2.73 bits per heavy atom. The minimum absolute atomic E-state index is 0.00311. The number of halogens is 3. The Morgan fingerprint density at radius 2 is 2.00 bits per heavy atom. The highest BCUT2D eigenvalue weighted by Gasteiger charge is 2.50. The molecule has 5 heterocycles. The second-order valence-corrected chi connectivity index (χ2v) is 10.2. The smallest absolute Gasteiger partial charge is 0.442 e. The lowest BCUT2D eigenvalue weighted by atomic mass is 10.2. The Bertz CT molecular complexity index is 1610. The molecule has 13 nitrogen and oxygen atoms in total. The Balaban J connectivity index is 1.30. The van der Waals surface area contributed by atoms with E-state index < -0.39 is 28.6 Å². The standard InChI is InChI=1S/C20H20F3N9O4S/c1-3-13-15(31-8-11(2)6-25-19(31)27-13)17(33)24-7-12-10-36-18(26-12)16-28-14-9-30(4-5-32(14)29-16)37(34,35)20(21,22)23/h6,8,10H,3-5,7,9H2,1-2H3,(H,24,33). The summed E-state index contributed by atoms with van der Waals surface area (Å²) in [7, 11) is -5.49. The summed E-state index contributed by atoms with van der Waals surface area (Å²) in [5.41, 5.74) is -3.25. The van der Waals surface area contributed by atoms with E-state index in [-0.39, 0.29) is 36.5 Å². The number of nitrogens with zero attached hydrogens (tertiary/aromatic N) is 8. The third-order valence-electron chi connectivity index (χ3n) is 5.66. The van der Waals surface area contributed by atoms with E-state index in [1.54, 1.807) is 16.8 Å². The molecule has 37 heavy (non-hydrogen) atoms. The average molecular weight is 540 g/mol. The van der Waals surface area contributed by atoms with E-state index in [0.29, 0.717) is 33.6 Å². The number of amides is 1. The maximum Gasteiger partial charge on any atom is 0.511 e. The van der Waals surface area contributed by atoms with Gasteiger partial charge in [-0.1, -0.05) is 6.92 Å². The van der Waals surface area contributed by atoms with Crippen molar-refractivity contribution in [1.82, 2.24) is 43.7 Å². The molecule has 1 amide bonds. The number of carbonyl (C=O) groups is 1. The highest BCUT2D eigenvalue weighted by molar-refractivity contribution is 7.89. The molecule has 0 atom stereocenters. The average Bonchev–Trinajstić information content (AvgIpc) is 3.57. The first-order valence-corrected chi connectivity index (χ1v) is 12.5. The molecular weight excluding hydrogens is 519 g/mol. The molecule has 0 aromatic carbocycles. The van der Waals surface area contributed by atoms with Crippen LogP contribution in [-0.4, -0.2) is 64.8 Å². The fraction of sp³-hybridized carbons (Fsp3) is 0.400. The van der Waals surface area contributed by atoms with Gasteiger partial charge in [-0.05, 0) is 18.9 Å². The molecule has 5 rings (SSSR count). The van der Waals surface area contributed by atoms with Crippen LogP contribution in [0.25, 0.3) is 17.5 Å². The van der Waals surface area contributed by atoms with E-state index in [9.17, 15) is 26.4 Å². The number of aromatic nitrogens is 7. The van der Waals surface area contributed by atoms with Crippen LogP contribution in [0.2, 0.25) is 0 Å². The zero-order chi connectivity index (χ0) is 26.5. The van der Waals surface area contributed by atoms with Gasteiger partial charge in [0.25, 0.3) is 11.8 Å². The molecule has 0 unspecified atom stereocenters. The van der Waals surface area contributed by atoms with Gasteiger partial charge in [0.2, 0.25) is 11.6 Å². The van der Waals surface area contributed by atoms with Crippen LogP contribution in [0.3, 0.4) is 0 Å². The summed E-state index contributed by atoms with van der Waals surface area (Å²) < 4.78 is 70.7. The van der Waals surface area contributed by atoms with Gasteiger partial charge in [-0.15, -0.1) is 5.10 Å². The first-order valence-electron chi connectivity index (χ1n) is 11.0. The second kappa shape index (κ2) is 8.91. The van der Waals surface area contributed by atoms with E-state index in [2.05, 4.69) is 30.4 Å². The minimum Gasteiger partial charge on any atom is -0.442 e. The predicted octanol–water partition coefficient (Wildman–Crippen LogP) is 1.44. The Kier molecular flexibility index (Phi) is 5.98. The maximum absolute atomic E-state index is 13.0. The highest BCUT2D eigenvalue weighted by Crippen LogP contribution is 2.29. The number of sulfonamides is 1. The van der Waals surface area contributed by atoms with Gasteiger partial charge in [0.1, 0.15) is 17.8 Å². The van der Waals surface area contributed by atoms with Crippen LogP contribution in [0.15, 0.2) is 23.1 Å². The molecule has 196 valence electrons. The van der Waals surface area contributed by atoms with E-state index >= 15 is 0 Å². The summed E-state index contributed by atoms with van der Waals surface area (Å²) in [6.07, 6.45) is 5.24. The minimum atomic E-state index is -5.49. The number of imidazole rings is 1. The number of hydrogen-bond acceptors (Lipinski definition) is 9. The van der Waals surface area contributed by atoms with Crippen LogP contribution >= 0.6 is 0 Å². The zero-order valence-corrected chi connectivity index (χ0v) is 20.3. The fourth-order valence-corrected chi connectivity index (χ4v) is 4.76. The summed E-state index contributed by atoms with van der Waals surface area (Å²) >= 11 is 0. The summed E-state index contributed by atoms with van der Waals surface area (Å²) in [6, 6.07) is 0.